The third kappa shape index (κ3) is 6.20. The van der Waals surface area contributed by atoms with Crippen molar-refractivity contribution in [1.29, 1.82) is 0 Å². The predicted molar refractivity (Wildman–Crippen MR) is 94.8 cm³/mol. The Morgan fingerprint density at radius 3 is 2.35 bits per heavy atom. The Morgan fingerprint density at radius 2 is 1.73 bits per heavy atom. The van der Waals surface area contributed by atoms with Crippen LogP contribution in [0.2, 0.25) is 0 Å². The van der Waals surface area contributed by atoms with E-state index < -0.39 is 21.7 Å². The third-order valence-electron chi connectivity index (χ3n) is 3.74. The highest BCUT2D eigenvalue weighted by Gasteiger charge is 2.20. The minimum Gasteiger partial charge on any atom is -0.355 e. The fourth-order valence-electron chi connectivity index (χ4n) is 2.34. The molecule has 0 saturated carbocycles. The second kappa shape index (κ2) is 8.86. The summed E-state index contributed by atoms with van der Waals surface area (Å²) in [6.45, 7) is -0.221. The molecular weight excluding hydrogens is 362 g/mol. The number of halogens is 2. The molecular formula is C18H20F2N2O3S. The van der Waals surface area contributed by atoms with Gasteiger partial charge in [0, 0.05) is 13.1 Å². The first-order chi connectivity index (χ1) is 12.3. The summed E-state index contributed by atoms with van der Waals surface area (Å²) in [7, 11) is -3.63. The van der Waals surface area contributed by atoms with Gasteiger partial charge >= 0.3 is 0 Å². The van der Waals surface area contributed by atoms with Gasteiger partial charge in [-0.25, -0.2) is 17.2 Å². The molecule has 2 rings (SSSR count). The van der Waals surface area contributed by atoms with Crippen LogP contribution in [0.3, 0.4) is 0 Å². The quantitative estimate of drug-likeness (QED) is 0.760. The molecule has 0 atom stereocenters. The van der Waals surface area contributed by atoms with Crippen LogP contribution in [0.15, 0.2) is 48.5 Å². The van der Waals surface area contributed by atoms with Gasteiger partial charge in [-0.2, -0.15) is 4.31 Å². The molecule has 1 N–H and O–H groups in total. The summed E-state index contributed by atoms with van der Waals surface area (Å²) >= 11 is 0. The van der Waals surface area contributed by atoms with Crippen LogP contribution in [0.25, 0.3) is 0 Å². The molecule has 2 aromatic carbocycles. The van der Waals surface area contributed by atoms with E-state index in [1.54, 1.807) is 18.2 Å². The Kier molecular flexibility index (Phi) is 6.82. The Hall–Kier alpha value is -2.32. The fourth-order valence-corrected chi connectivity index (χ4v) is 3.07. The summed E-state index contributed by atoms with van der Waals surface area (Å²) in [6.07, 6.45) is 1.30. The number of nitrogens with zero attached hydrogens (tertiary/aromatic N) is 1. The Balaban J connectivity index is 1.92. The average molecular weight is 382 g/mol. The summed E-state index contributed by atoms with van der Waals surface area (Å²) < 4.78 is 51.3. The number of benzene rings is 2. The zero-order valence-corrected chi connectivity index (χ0v) is 15.1. The van der Waals surface area contributed by atoms with E-state index in [0.29, 0.717) is 17.5 Å². The van der Waals surface area contributed by atoms with Crippen molar-refractivity contribution in [1.82, 2.24) is 9.62 Å². The smallest absolute Gasteiger partial charge is 0.235 e. The van der Waals surface area contributed by atoms with Crippen molar-refractivity contribution in [3.05, 3.63) is 71.3 Å². The van der Waals surface area contributed by atoms with Crippen LogP contribution < -0.4 is 5.32 Å². The van der Waals surface area contributed by atoms with Crippen LogP contribution >= 0.6 is 0 Å². The first kappa shape index (κ1) is 20.0. The molecule has 0 fully saturated rings. The van der Waals surface area contributed by atoms with Crippen molar-refractivity contribution in [3.8, 4) is 0 Å². The summed E-state index contributed by atoms with van der Waals surface area (Å²) in [4.78, 5) is 12.0. The number of amides is 1. The first-order valence-corrected chi connectivity index (χ1v) is 9.80. The minimum atomic E-state index is -3.63. The van der Waals surface area contributed by atoms with Gasteiger partial charge in [0.05, 0.1) is 12.8 Å². The van der Waals surface area contributed by atoms with E-state index in [9.17, 15) is 22.0 Å². The molecule has 0 radical (unpaired) electrons. The van der Waals surface area contributed by atoms with Crippen LogP contribution in [0, 0.1) is 11.6 Å². The largest absolute Gasteiger partial charge is 0.355 e. The van der Waals surface area contributed by atoms with Gasteiger partial charge in [-0.3, -0.25) is 4.79 Å². The van der Waals surface area contributed by atoms with E-state index in [2.05, 4.69) is 5.32 Å². The number of nitrogens with one attached hydrogen (secondary N) is 1. The molecule has 0 aliphatic carbocycles. The highest BCUT2D eigenvalue weighted by molar-refractivity contribution is 7.88. The summed E-state index contributed by atoms with van der Waals surface area (Å²) in [6, 6.07) is 11.6. The molecule has 5 nitrogen and oxygen atoms in total. The molecule has 8 heteroatoms. The normalized spacial score (nSPS) is 11.5. The Bertz CT molecular complexity index is 855. The summed E-state index contributed by atoms with van der Waals surface area (Å²) in [5, 5.41) is 2.58. The lowest BCUT2D eigenvalue weighted by molar-refractivity contribution is -0.121. The van der Waals surface area contributed by atoms with Gasteiger partial charge in [0.25, 0.3) is 0 Å². The van der Waals surface area contributed by atoms with Crippen molar-refractivity contribution in [3.63, 3.8) is 0 Å². The van der Waals surface area contributed by atoms with Gasteiger partial charge in [0.1, 0.15) is 11.6 Å². The second-order valence-electron chi connectivity index (χ2n) is 5.85. The monoisotopic (exact) mass is 382 g/mol. The van der Waals surface area contributed by atoms with Crippen molar-refractivity contribution in [2.45, 2.75) is 13.0 Å². The fraction of sp³-hybridized carbons (Fsp3) is 0.278. The maximum absolute atomic E-state index is 13.5. The van der Waals surface area contributed by atoms with E-state index in [1.165, 1.54) is 30.3 Å². The van der Waals surface area contributed by atoms with Crippen LogP contribution in [-0.2, 0) is 27.8 Å². The zero-order chi connectivity index (χ0) is 19.2. The summed E-state index contributed by atoms with van der Waals surface area (Å²) in [5.74, 6) is -1.27. The van der Waals surface area contributed by atoms with Gasteiger partial charge in [0.15, 0.2) is 0 Å². The molecule has 0 heterocycles. The van der Waals surface area contributed by atoms with E-state index in [0.717, 1.165) is 10.6 Å². The number of carbonyl (C=O) groups is 1. The van der Waals surface area contributed by atoms with Crippen molar-refractivity contribution < 1.29 is 22.0 Å². The minimum absolute atomic E-state index is 0.0418. The van der Waals surface area contributed by atoms with Crippen LogP contribution in [0.1, 0.15) is 11.1 Å². The van der Waals surface area contributed by atoms with E-state index in [-0.39, 0.29) is 25.5 Å². The van der Waals surface area contributed by atoms with E-state index >= 15 is 0 Å². The van der Waals surface area contributed by atoms with Crippen molar-refractivity contribution >= 4 is 15.9 Å². The number of hydrogen-bond donors (Lipinski definition) is 1. The van der Waals surface area contributed by atoms with E-state index in [4.69, 9.17) is 0 Å². The number of rotatable bonds is 8. The van der Waals surface area contributed by atoms with Gasteiger partial charge in [-0.15, -0.1) is 0 Å². The van der Waals surface area contributed by atoms with Crippen molar-refractivity contribution in [2.24, 2.45) is 0 Å². The lowest BCUT2D eigenvalue weighted by Gasteiger charge is -2.19. The molecule has 0 saturated heterocycles. The molecule has 0 aliphatic rings. The zero-order valence-electron chi connectivity index (χ0n) is 14.3. The molecule has 0 aromatic heterocycles. The van der Waals surface area contributed by atoms with Gasteiger partial charge in [-0.1, -0.05) is 30.3 Å². The predicted octanol–water partition coefficient (Wildman–Crippen LogP) is 2.09. The van der Waals surface area contributed by atoms with Crippen molar-refractivity contribution in [2.75, 3.05) is 19.3 Å². The number of carbonyl (C=O) groups excluding carboxylic acids is 1. The lowest BCUT2D eigenvalue weighted by Crippen LogP contribution is -2.40. The Morgan fingerprint density at radius 1 is 1.08 bits per heavy atom. The van der Waals surface area contributed by atoms with Crippen LogP contribution in [-0.4, -0.2) is 38.0 Å². The topological polar surface area (TPSA) is 66.5 Å². The Labute approximate surface area is 151 Å². The van der Waals surface area contributed by atoms with Gasteiger partial charge in [0.2, 0.25) is 15.9 Å². The molecule has 26 heavy (non-hydrogen) atoms. The SMILES string of the molecule is CS(=O)(=O)N(CC(=O)NCCc1ccccc1F)Cc1ccc(F)cc1. The second-order valence-corrected chi connectivity index (χ2v) is 7.83. The molecule has 0 aliphatic heterocycles. The maximum Gasteiger partial charge on any atom is 0.235 e. The number of hydrogen-bond acceptors (Lipinski definition) is 3. The van der Waals surface area contributed by atoms with E-state index in [1.807, 2.05) is 0 Å². The third-order valence-corrected chi connectivity index (χ3v) is 4.93. The standard InChI is InChI=1S/C18H20F2N2O3S/c1-26(24,25)22(12-14-6-8-16(19)9-7-14)13-18(23)21-11-10-15-4-2-3-5-17(15)20/h2-9H,10-13H2,1H3,(H,21,23). The lowest BCUT2D eigenvalue weighted by atomic mass is 10.1. The highest BCUT2D eigenvalue weighted by Crippen LogP contribution is 2.10. The maximum atomic E-state index is 13.5. The molecule has 2 aromatic rings. The number of sulfonamides is 1. The van der Waals surface area contributed by atoms with Gasteiger partial charge in [-0.05, 0) is 35.7 Å². The van der Waals surface area contributed by atoms with Gasteiger partial charge < -0.3 is 5.32 Å². The molecule has 140 valence electrons. The molecule has 0 spiro atoms. The highest BCUT2D eigenvalue weighted by atomic mass is 32.2. The summed E-state index contributed by atoms with van der Waals surface area (Å²) in [5.41, 5.74) is 1.04. The van der Waals surface area contributed by atoms with Crippen LogP contribution in [0.5, 0.6) is 0 Å². The molecule has 0 bridgehead atoms. The van der Waals surface area contributed by atoms with Crippen LogP contribution in [0.4, 0.5) is 8.78 Å². The molecule has 0 unspecified atom stereocenters. The first-order valence-electron chi connectivity index (χ1n) is 7.95. The average Bonchev–Trinajstić information content (AvgIpc) is 2.57. The molecule has 1 amide bonds.